The van der Waals surface area contributed by atoms with Crippen LogP contribution in [0.5, 0.6) is 11.5 Å². The average molecular weight is 388 g/mol. The van der Waals surface area contributed by atoms with E-state index in [-0.39, 0.29) is 18.0 Å². The highest BCUT2D eigenvalue weighted by Crippen LogP contribution is 2.33. The second kappa shape index (κ2) is 7.83. The minimum atomic E-state index is -4.89. The van der Waals surface area contributed by atoms with E-state index in [4.69, 9.17) is 5.73 Å². The summed E-state index contributed by atoms with van der Waals surface area (Å²) in [5.74, 6) is -0.939. The lowest BCUT2D eigenvalue weighted by atomic mass is 9.99. The van der Waals surface area contributed by atoms with Gasteiger partial charge >= 0.3 is 12.7 Å². The molecule has 0 bridgehead atoms. The molecule has 0 aliphatic heterocycles. The zero-order valence-corrected chi connectivity index (χ0v) is 13.1. The smallest absolute Gasteiger partial charge is 0.406 e. The van der Waals surface area contributed by atoms with Crippen LogP contribution in [0.15, 0.2) is 48.5 Å². The van der Waals surface area contributed by atoms with Crippen molar-refractivity contribution in [2.75, 3.05) is 0 Å². The van der Waals surface area contributed by atoms with E-state index in [9.17, 15) is 26.3 Å². The van der Waals surface area contributed by atoms with Gasteiger partial charge < -0.3 is 15.2 Å². The van der Waals surface area contributed by atoms with Crippen LogP contribution in [0.3, 0.4) is 0 Å². The summed E-state index contributed by atoms with van der Waals surface area (Å²) in [7, 11) is 0. The molecule has 1 atom stereocenters. The van der Waals surface area contributed by atoms with Gasteiger partial charge in [0.25, 0.3) is 0 Å². The maximum Gasteiger partial charge on any atom is 0.573 e. The largest absolute Gasteiger partial charge is 0.573 e. The lowest BCUT2D eigenvalue weighted by Gasteiger charge is -2.18. The number of ether oxygens (including phenoxy) is 2. The Labute approximate surface area is 144 Å². The SMILES string of the molecule is Cl.N[C@@H](c1ccc(OC(F)(F)F)cc1)c1ccccc1OC(F)(F)F. The number of para-hydroxylation sites is 1. The minimum absolute atomic E-state index is 0. The summed E-state index contributed by atoms with van der Waals surface area (Å²) in [5, 5.41) is 0. The normalized spacial score (nSPS) is 12.9. The van der Waals surface area contributed by atoms with E-state index in [0.29, 0.717) is 5.56 Å². The Balaban J connectivity index is 0.00000312. The van der Waals surface area contributed by atoms with Crippen molar-refractivity contribution in [3.8, 4) is 11.5 Å². The highest BCUT2D eigenvalue weighted by atomic mass is 35.5. The summed E-state index contributed by atoms with van der Waals surface area (Å²) >= 11 is 0. The van der Waals surface area contributed by atoms with Crippen LogP contribution in [0.2, 0.25) is 0 Å². The van der Waals surface area contributed by atoms with Crippen molar-refractivity contribution in [3.05, 3.63) is 59.7 Å². The van der Waals surface area contributed by atoms with Crippen LogP contribution in [-0.2, 0) is 0 Å². The number of hydrogen-bond donors (Lipinski definition) is 1. The second-order valence-corrected chi connectivity index (χ2v) is 4.68. The molecule has 138 valence electrons. The first-order valence-corrected chi connectivity index (χ1v) is 6.51. The summed E-state index contributed by atoms with van der Waals surface area (Å²) in [4.78, 5) is 0. The average Bonchev–Trinajstić information content (AvgIpc) is 2.44. The Kier molecular flexibility index (Phi) is 6.55. The minimum Gasteiger partial charge on any atom is -0.406 e. The number of halogens is 7. The van der Waals surface area contributed by atoms with Crippen LogP contribution in [0.4, 0.5) is 26.3 Å². The first-order valence-electron chi connectivity index (χ1n) is 6.51. The highest BCUT2D eigenvalue weighted by molar-refractivity contribution is 5.85. The van der Waals surface area contributed by atoms with E-state index in [2.05, 4.69) is 9.47 Å². The number of nitrogens with two attached hydrogens (primary N) is 1. The van der Waals surface area contributed by atoms with E-state index < -0.39 is 30.3 Å². The lowest BCUT2D eigenvalue weighted by molar-refractivity contribution is -0.275. The van der Waals surface area contributed by atoms with E-state index in [1.165, 1.54) is 30.3 Å². The van der Waals surface area contributed by atoms with Crippen molar-refractivity contribution < 1.29 is 35.8 Å². The first kappa shape index (κ1) is 20.9. The Morgan fingerprint density at radius 3 is 1.80 bits per heavy atom. The quantitative estimate of drug-likeness (QED) is 0.755. The first-order chi connectivity index (χ1) is 11.1. The maximum atomic E-state index is 12.4. The maximum absolute atomic E-state index is 12.4. The molecule has 25 heavy (non-hydrogen) atoms. The van der Waals surface area contributed by atoms with E-state index in [1.54, 1.807) is 0 Å². The van der Waals surface area contributed by atoms with Crippen molar-refractivity contribution in [2.45, 2.75) is 18.8 Å². The number of rotatable bonds is 4. The van der Waals surface area contributed by atoms with Crippen molar-refractivity contribution >= 4 is 12.4 Å². The van der Waals surface area contributed by atoms with Gasteiger partial charge in [-0.05, 0) is 23.8 Å². The molecule has 0 saturated carbocycles. The van der Waals surface area contributed by atoms with E-state index >= 15 is 0 Å². The Morgan fingerprint density at radius 1 is 0.760 bits per heavy atom. The van der Waals surface area contributed by atoms with Gasteiger partial charge in [-0.2, -0.15) is 0 Å². The molecule has 2 aromatic carbocycles. The van der Waals surface area contributed by atoms with Crippen LogP contribution in [0.25, 0.3) is 0 Å². The zero-order chi connectivity index (χ0) is 18.0. The fraction of sp³-hybridized carbons (Fsp3) is 0.200. The molecule has 0 unspecified atom stereocenters. The lowest BCUT2D eigenvalue weighted by Crippen LogP contribution is -2.20. The molecule has 0 aliphatic carbocycles. The van der Waals surface area contributed by atoms with Crippen molar-refractivity contribution in [1.82, 2.24) is 0 Å². The summed E-state index contributed by atoms with van der Waals surface area (Å²) in [6.45, 7) is 0. The standard InChI is InChI=1S/C15H11F6NO2.ClH/c16-14(17,18)23-10-7-5-9(6-8-10)13(22)11-3-1-2-4-12(11)24-15(19,20)21;/h1-8,13H,22H2;1H/t13-;/m0./s1. The molecule has 0 saturated heterocycles. The van der Waals surface area contributed by atoms with E-state index in [1.807, 2.05) is 0 Å². The van der Waals surface area contributed by atoms with Crippen molar-refractivity contribution in [1.29, 1.82) is 0 Å². The van der Waals surface area contributed by atoms with Gasteiger partial charge in [0.2, 0.25) is 0 Å². The Bertz CT molecular complexity index is 688. The van der Waals surface area contributed by atoms with Gasteiger partial charge in [-0.15, -0.1) is 38.7 Å². The van der Waals surface area contributed by atoms with Gasteiger partial charge in [0.05, 0.1) is 6.04 Å². The summed E-state index contributed by atoms with van der Waals surface area (Å²) in [6.07, 6.45) is -9.73. The molecule has 0 spiro atoms. The van der Waals surface area contributed by atoms with Gasteiger partial charge in [0.1, 0.15) is 11.5 Å². The molecule has 10 heteroatoms. The number of alkyl halides is 6. The fourth-order valence-electron chi connectivity index (χ4n) is 2.01. The third-order valence-electron chi connectivity index (χ3n) is 2.95. The molecule has 0 radical (unpaired) electrons. The molecule has 2 rings (SSSR count). The third kappa shape index (κ3) is 6.35. The number of benzene rings is 2. The topological polar surface area (TPSA) is 44.5 Å². The molecule has 0 aliphatic rings. The Morgan fingerprint density at radius 2 is 1.28 bits per heavy atom. The van der Waals surface area contributed by atoms with Crippen LogP contribution in [-0.4, -0.2) is 12.7 Å². The van der Waals surface area contributed by atoms with Gasteiger partial charge in [-0.25, -0.2) is 0 Å². The highest BCUT2D eigenvalue weighted by Gasteiger charge is 2.33. The third-order valence-corrected chi connectivity index (χ3v) is 2.95. The van der Waals surface area contributed by atoms with Gasteiger partial charge in [-0.3, -0.25) is 0 Å². The van der Waals surface area contributed by atoms with Gasteiger partial charge in [-0.1, -0.05) is 30.3 Å². The molecule has 3 nitrogen and oxygen atoms in total. The Hall–Kier alpha value is -2.13. The van der Waals surface area contributed by atoms with Crippen molar-refractivity contribution in [2.24, 2.45) is 5.73 Å². The molecule has 0 aromatic heterocycles. The van der Waals surface area contributed by atoms with Crippen LogP contribution in [0, 0.1) is 0 Å². The molecular formula is C15H12ClF6NO2. The summed E-state index contributed by atoms with van der Waals surface area (Å²) < 4.78 is 81.2. The van der Waals surface area contributed by atoms with Crippen molar-refractivity contribution in [3.63, 3.8) is 0 Å². The molecule has 0 heterocycles. The molecule has 2 N–H and O–H groups in total. The van der Waals surface area contributed by atoms with Gasteiger partial charge in [0, 0.05) is 5.56 Å². The molecule has 0 fully saturated rings. The predicted molar refractivity (Wildman–Crippen MR) is 79.5 cm³/mol. The van der Waals surface area contributed by atoms with Crippen LogP contribution in [0.1, 0.15) is 17.2 Å². The van der Waals surface area contributed by atoms with Gasteiger partial charge in [0.15, 0.2) is 0 Å². The van der Waals surface area contributed by atoms with Crippen LogP contribution < -0.4 is 15.2 Å². The molecule has 0 amide bonds. The van der Waals surface area contributed by atoms with E-state index in [0.717, 1.165) is 18.2 Å². The second-order valence-electron chi connectivity index (χ2n) is 4.68. The zero-order valence-electron chi connectivity index (χ0n) is 12.3. The summed E-state index contributed by atoms with van der Waals surface area (Å²) in [6, 6.07) is 8.74. The molecule has 2 aromatic rings. The predicted octanol–water partition coefficient (Wildman–Crippen LogP) is 4.95. The summed E-state index contributed by atoms with van der Waals surface area (Å²) in [5.41, 5.74) is 6.24. The number of hydrogen-bond acceptors (Lipinski definition) is 3. The molecular weight excluding hydrogens is 376 g/mol. The van der Waals surface area contributed by atoms with Crippen LogP contribution >= 0.6 is 12.4 Å². The monoisotopic (exact) mass is 387 g/mol. The fourth-order valence-corrected chi connectivity index (χ4v) is 2.01.